The maximum absolute atomic E-state index is 11.8. The minimum Gasteiger partial charge on any atom is -0.377 e. The Morgan fingerprint density at radius 2 is 2.17 bits per heavy atom. The second-order valence-electron chi connectivity index (χ2n) is 4.61. The molecule has 1 aliphatic carbocycles. The summed E-state index contributed by atoms with van der Waals surface area (Å²) in [4.78, 5) is 24.8. The molecule has 0 spiro atoms. The predicted octanol–water partition coefficient (Wildman–Crippen LogP) is -0.523. The number of hydrogen-bond acceptors (Lipinski definition) is 4. The summed E-state index contributed by atoms with van der Waals surface area (Å²) >= 11 is 0. The van der Waals surface area contributed by atoms with Gasteiger partial charge in [-0.15, -0.1) is 0 Å². The molecule has 104 valence electrons. The first-order chi connectivity index (χ1) is 8.56. The van der Waals surface area contributed by atoms with Gasteiger partial charge in [0.2, 0.25) is 11.8 Å². The summed E-state index contributed by atoms with van der Waals surface area (Å²) in [6, 6.07) is 0.321. The van der Waals surface area contributed by atoms with Gasteiger partial charge in [-0.05, 0) is 19.8 Å². The van der Waals surface area contributed by atoms with Crippen molar-refractivity contribution in [3.63, 3.8) is 0 Å². The van der Waals surface area contributed by atoms with E-state index in [-0.39, 0.29) is 30.9 Å². The van der Waals surface area contributed by atoms with Crippen LogP contribution in [0.2, 0.25) is 0 Å². The quantitative estimate of drug-likeness (QED) is 0.612. The Labute approximate surface area is 108 Å². The van der Waals surface area contributed by atoms with Crippen LogP contribution in [0, 0.1) is 0 Å². The molecule has 0 saturated heterocycles. The molecule has 0 aromatic carbocycles. The Hall–Kier alpha value is -1.14. The highest BCUT2D eigenvalue weighted by atomic mass is 16.5. The van der Waals surface area contributed by atoms with Gasteiger partial charge in [0, 0.05) is 26.2 Å². The third kappa shape index (κ3) is 5.46. The monoisotopic (exact) mass is 257 g/mol. The van der Waals surface area contributed by atoms with E-state index < -0.39 is 0 Å². The third-order valence-corrected chi connectivity index (χ3v) is 2.82. The highest BCUT2D eigenvalue weighted by Gasteiger charge is 2.24. The summed E-state index contributed by atoms with van der Waals surface area (Å²) in [6.07, 6.45) is 2.04. The van der Waals surface area contributed by atoms with Gasteiger partial charge in [0.15, 0.2) is 0 Å². The van der Waals surface area contributed by atoms with Crippen molar-refractivity contribution in [1.29, 1.82) is 0 Å². The van der Waals surface area contributed by atoms with Crippen LogP contribution in [0.15, 0.2) is 0 Å². The minimum absolute atomic E-state index is 0.0960. The fraction of sp³-hybridized carbons (Fsp3) is 0.833. The minimum atomic E-state index is -0.267. The largest absolute Gasteiger partial charge is 0.377 e. The molecule has 0 radical (unpaired) electrons. The van der Waals surface area contributed by atoms with Gasteiger partial charge in [0.05, 0.1) is 19.1 Å². The molecule has 1 saturated carbocycles. The van der Waals surface area contributed by atoms with Gasteiger partial charge in [-0.25, -0.2) is 0 Å². The summed E-state index contributed by atoms with van der Waals surface area (Å²) in [7, 11) is 1.62. The molecule has 0 aliphatic heterocycles. The van der Waals surface area contributed by atoms with Gasteiger partial charge >= 0.3 is 0 Å². The van der Waals surface area contributed by atoms with Crippen molar-refractivity contribution in [1.82, 2.24) is 10.2 Å². The number of nitrogens with one attached hydrogen (secondary N) is 1. The molecule has 1 fully saturated rings. The van der Waals surface area contributed by atoms with Crippen LogP contribution < -0.4 is 11.1 Å². The second kappa shape index (κ2) is 7.33. The number of nitrogens with two attached hydrogens (primary N) is 1. The molecule has 1 rings (SSSR count). The summed E-state index contributed by atoms with van der Waals surface area (Å²) < 4.78 is 5.32. The van der Waals surface area contributed by atoms with Crippen molar-refractivity contribution in [3.05, 3.63) is 0 Å². The zero-order valence-electron chi connectivity index (χ0n) is 11.1. The van der Waals surface area contributed by atoms with Gasteiger partial charge in [-0.1, -0.05) is 0 Å². The van der Waals surface area contributed by atoms with Gasteiger partial charge in [0.1, 0.15) is 0 Å². The van der Waals surface area contributed by atoms with E-state index in [1.807, 2.05) is 6.92 Å². The number of carbonyl (C=O) groups excluding carboxylic acids is 2. The molecule has 0 bridgehead atoms. The van der Waals surface area contributed by atoms with Crippen molar-refractivity contribution in [3.8, 4) is 0 Å². The average molecular weight is 257 g/mol. The number of nitrogens with zero attached hydrogens (tertiary/aromatic N) is 1. The van der Waals surface area contributed by atoms with Crippen LogP contribution in [-0.2, 0) is 14.3 Å². The Bertz CT molecular complexity index is 292. The fourth-order valence-corrected chi connectivity index (χ4v) is 1.60. The normalized spacial score (nSPS) is 16.2. The van der Waals surface area contributed by atoms with Crippen LogP contribution in [0.3, 0.4) is 0 Å². The lowest BCUT2D eigenvalue weighted by Crippen LogP contribution is -2.41. The van der Waals surface area contributed by atoms with E-state index in [2.05, 4.69) is 5.32 Å². The van der Waals surface area contributed by atoms with Gasteiger partial charge < -0.3 is 20.7 Å². The number of rotatable bonds is 8. The van der Waals surface area contributed by atoms with Crippen molar-refractivity contribution in [2.45, 2.75) is 38.3 Å². The smallest absolute Gasteiger partial charge is 0.239 e. The molecule has 1 aliphatic rings. The fourth-order valence-electron chi connectivity index (χ4n) is 1.60. The van der Waals surface area contributed by atoms with E-state index in [0.29, 0.717) is 19.2 Å². The molecule has 3 N–H and O–H groups in total. The third-order valence-electron chi connectivity index (χ3n) is 2.82. The van der Waals surface area contributed by atoms with E-state index in [0.717, 1.165) is 12.8 Å². The first-order valence-electron chi connectivity index (χ1n) is 6.41. The predicted molar refractivity (Wildman–Crippen MR) is 67.9 cm³/mol. The van der Waals surface area contributed by atoms with Crippen LogP contribution in [0.5, 0.6) is 0 Å². The van der Waals surface area contributed by atoms with E-state index in [4.69, 9.17) is 10.5 Å². The number of hydrogen-bond donors (Lipinski definition) is 2. The maximum Gasteiger partial charge on any atom is 0.239 e. The zero-order chi connectivity index (χ0) is 13.5. The number of likely N-dealkylation sites (N-methyl/N-ethyl adjacent to an activating group) is 1. The topological polar surface area (TPSA) is 84.7 Å². The summed E-state index contributed by atoms with van der Waals surface area (Å²) in [5, 5.41) is 2.84. The van der Waals surface area contributed by atoms with Crippen molar-refractivity contribution in [2.24, 2.45) is 5.73 Å². The van der Waals surface area contributed by atoms with Crippen LogP contribution in [0.1, 0.15) is 26.2 Å². The second-order valence-corrected chi connectivity index (χ2v) is 4.61. The van der Waals surface area contributed by atoms with Crippen molar-refractivity contribution >= 4 is 11.8 Å². The lowest BCUT2D eigenvalue weighted by Gasteiger charge is -2.20. The summed E-state index contributed by atoms with van der Waals surface area (Å²) in [5.74, 6) is -0.223. The summed E-state index contributed by atoms with van der Waals surface area (Å²) in [6.45, 7) is 2.79. The molecular weight excluding hydrogens is 234 g/mol. The van der Waals surface area contributed by atoms with Crippen LogP contribution in [0.4, 0.5) is 0 Å². The van der Waals surface area contributed by atoms with Gasteiger partial charge in [-0.3, -0.25) is 9.59 Å². The van der Waals surface area contributed by atoms with Crippen LogP contribution in [0.25, 0.3) is 0 Å². The Balaban J connectivity index is 2.27. The Morgan fingerprint density at radius 1 is 1.50 bits per heavy atom. The molecule has 2 amide bonds. The first-order valence-corrected chi connectivity index (χ1v) is 6.41. The lowest BCUT2D eigenvalue weighted by molar-refractivity contribution is -0.136. The standard InChI is InChI=1S/C12H23N3O3/c1-3-18-10(7-13)6-12(17)15(2)8-11(16)14-9-4-5-9/h9-10H,3-8,13H2,1-2H3,(H,14,16). The molecule has 0 heterocycles. The highest BCUT2D eigenvalue weighted by Crippen LogP contribution is 2.18. The molecule has 18 heavy (non-hydrogen) atoms. The molecular formula is C12H23N3O3. The van der Waals surface area contributed by atoms with E-state index in [9.17, 15) is 9.59 Å². The molecule has 1 atom stereocenters. The SMILES string of the molecule is CCOC(CN)CC(=O)N(C)CC(=O)NC1CC1. The maximum atomic E-state index is 11.8. The highest BCUT2D eigenvalue weighted by molar-refractivity contribution is 5.85. The number of amides is 2. The average Bonchev–Trinajstić information content (AvgIpc) is 3.11. The molecule has 6 nitrogen and oxygen atoms in total. The molecule has 6 heteroatoms. The molecule has 0 aromatic heterocycles. The Morgan fingerprint density at radius 3 is 2.67 bits per heavy atom. The van der Waals surface area contributed by atoms with Crippen LogP contribution in [-0.4, -0.2) is 55.6 Å². The zero-order valence-corrected chi connectivity index (χ0v) is 11.1. The molecule has 1 unspecified atom stereocenters. The number of carbonyl (C=O) groups is 2. The van der Waals surface area contributed by atoms with Gasteiger partial charge in [0.25, 0.3) is 0 Å². The van der Waals surface area contributed by atoms with Crippen LogP contribution >= 0.6 is 0 Å². The van der Waals surface area contributed by atoms with Gasteiger partial charge in [-0.2, -0.15) is 0 Å². The first kappa shape index (κ1) is 14.9. The van der Waals surface area contributed by atoms with Crippen molar-refractivity contribution < 1.29 is 14.3 Å². The summed E-state index contributed by atoms with van der Waals surface area (Å²) in [5.41, 5.74) is 5.51. The lowest BCUT2D eigenvalue weighted by atomic mass is 10.2. The Kier molecular flexibility index (Phi) is 6.07. The van der Waals surface area contributed by atoms with E-state index in [1.54, 1.807) is 7.05 Å². The van der Waals surface area contributed by atoms with E-state index >= 15 is 0 Å². The van der Waals surface area contributed by atoms with Crippen molar-refractivity contribution in [2.75, 3.05) is 26.7 Å². The number of ether oxygens (including phenoxy) is 1. The molecule has 0 aromatic rings. The van der Waals surface area contributed by atoms with E-state index in [1.165, 1.54) is 4.90 Å².